The summed E-state index contributed by atoms with van der Waals surface area (Å²) in [6, 6.07) is 17.3. The molecule has 0 aromatic heterocycles. The fourth-order valence-electron chi connectivity index (χ4n) is 6.62. The molecule has 2 aromatic carbocycles. The summed E-state index contributed by atoms with van der Waals surface area (Å²) in [7, 11) is 0. The molecule has 0 saturated heterocycles. The SMILES string of the molecule is CC(C)C[C@@H](NC(=O)[C@H](CC(=O)[C@H](N)Cc1ccccc1)Cc1ccccc1)C(=O)C[C@H](CCCN)C(=O)C1CCC(N)(C(=O)O)CC1. The van der Waals surface area contributed by atoms with Crippen LogP contribution in [0.3, 0.4) is 0 Å². The monoisotopic (exact) mass is 662 g/mol. The molecular weight excluding hydrogens is 608 g/mol. The lowest BCUT2D eigenvalue weighted by Crippen LogP contribution is -2.51. The topological polar surface area (TPSA) is 196 Å². The molecule has 0 aliphatic heterocycles. The second-order valence-corrected chi connectivity index (χ2v) is 14.0. The van der Waals surface area contributed by atoms with Crippen molar-refractivity contribution in [3.05, 3.63) is 71.8 Å². The second-order valence-electron chi connectivity index (χ2n) is 14.0. The van der Waals surface area contributed by atoms with Gasteiger partial charge >= 0.3 is 5.97 Å². The summed E-state index contributed by atoms with van der Waals surface area (Å²) in [6.07, 6.45) is 2.98. The van der Waals surface area contributed by atoms with Crippen LogP contribution in [-0.4, -0.2) is 58.5 Å². The van der Waals surface area contributed by atoms with Crippen molar-refractivity contribution in [2.45, 2.75) is 102 Å². The Hall–Kier alpha value is -3.73. The van der Waals surface area contributed by atoms with E-state index in [1.165, 1.54) is 0 Å². The maximum Gasteiger partial charge on any atom is 0.323 e. The maximum absolute atomic E-state index is 13.9. The highest BCUT2D eigenvalue weighted by atomic mass is 16.4. The number of amides is 1. The van der Waals surface area contributed by atoms with Gasteiger partial charge in [0.05, 0.1) is 12.1 Å². The molecule has 10 heteroatoms. The van der Waals surface area contributed by atoms with Crippen LogP contribution < -0.4 is 22.5 Å². The Balaban J connectivity index is 1.76. The summed E-state index contributed by atoms with van der Waals surface area (Å²) in [4.78, 5) is 66.5. The fraction of sp³-hybridized carbons (Fsp3) is 0.553. The molecule has 0 unspecified atom stereocenters. The number of ketones is 3. The van der Waals surface area contributed by atoms with Gasteiger partial charge in [0.15, 0.2) is 11.6 Å². The van der Waals surface area contributed by atoms with Gasteiger partial charge in [-0.15, -0.1) is 0 Å². The molecule has 0 heterocycles. The highest BCUT2D eigenvalue weighted by Crippen LogP contribution is 2.34. The molecule has 0 bridgehead atoms. The summed E-state index contributed by atoms with van der Waals surface area (Å²) < 4.78 is 0. The predicted molar refractivity (Wildman–Crippen MR) is 186 cm³/mol. The third kappa shape index (κ3) is 11.8. The molecule has 1 aliphatic carbocycles. The van der Waals surface area contributed by atoms with E-state index in [1.54, 1.807) is 0 Å². The van der Waals surface area contributed by atoms with Crippen molar-refractivity contribution in [2.24, 2.45) is 40.9 Å². The number of rotatable bonds is 20. The van der Waals surface area contributed by atoms with E-state index in [0.717, 1.165) is 11.1 Å². The lowest BCUT2D eigenvalue weighted by atomic mass is 9.72. The van der Waals surface area contributed by atoms with Gasteiger partial charge < -0.3 is 27.6 Å². The minimum absolute atomic E-state index is 0.0517. The molecule has 48 heavy (non-hydrogen) atoms. The highest BCUT2D eigenvalue weighted by molar-refractivity contribution is 5.95. The van der Waals surface area contributed by atoms with Gasteiger partial charge in [0.25, 0.3) is 0 Å². The number of carbonyl (C=O) groups is 5. The number of hydrogen-bond donors (Lipinski definition) is 5. The van der Waals surface area contributed by atoms with E-state index in [0.29, 0.717) is 51.5 Å². The Bertz CT molecular complexity index is 1360. The van der Waals surface area contributed by atoms with Crippen molar-refractivity contribution in [3.8, 4) is 0 Å². The van der Waals surface area contributed by atoms with Crippen molar-refractivity contribution in [1.82, 2.24) is 5.32 Å². The predicted octanol–water partition coefficient (Wildman–Crippen LogP) is 3.76. The number of carbonyl (C=O) groups excluding carboxylic acids is 4. The molecule has 262 valence electrons. The highest BCUT2D eigenvalue weighted by Gasteiger charge is 2.42. The summed E-state index contributed by atoms with van der Waals surface area (Å²) >= 11 is 0. The Kier molecular flexibility index (Phi) is 15.1. The molecular formula is C38H54N4O6. The zero-order valence-electron chi connectivity index (χ0n) is 28.4. The maximum atomic E-state index is 13.9. The largest absolute Gasteiger partial charge is 0.480 e. The lowest BCUT2D eigenvalue weighted by molar-refractivity contribution is -0.146. The van der Waals surface area contributed by atoms with Gasteiger partial charge in [0.2, 0.25) is 5.91 Å². The van der Waals surface area contributed by atoms with Gasteiger partial charge in [-0.2, -0.15) is 0 Å². The molecule has 1 fully saturated rings. The molecule has 0 radical (unpaired) electrons. The van der Waals surface area contributed by atoms with Crippen LogP contribution in [0.25, 0.3) is 0 Å². The number of hydrogen-bond acceptors (Lipinski definition) is 8. The quantitative estimate of drug-likeness (QED) is 0.140. The first-order chi connectivity index (χ1) is 22.8. The van der Waals surface area contributed by atoms with Gasteiger partial charge in [-0.1, -0.05) is 74.5 Å². The van der Waals surface area contributed by atoms with Crippen molar-refractivity contribution in [2.75, 3.05) is 6.54 Å². The number of carboxylic acids is 1. The minimum Gasteiger partial charge on any atom is -0.480 e. The van der Waals surface area contributed by atoms with Crippen LogP contribution in [0.2, 0.25) is 0 Å². The molecule has 3 rings (SSSR count). The second kappa shape index (κ2) is 18.7. The molecule has 2 aromatic rings. The first kappa shape index (κ1) is 38.7. The van der Waals surface area contributed by atoms with E-state index >= 15 is 0 Å². The average Bonchev–Trinajstić information content (AvgIpc) is 3.06. The van der Waals surface area contributed by atoms with Crippen LogP contribution in [0.15, 0.2) is 60.7 Å². The van der Waals surface area contributed by atoms with Crippen molar-refractivity contribution >= 4 is 29.2 Å². The number of nitrogens with one attached hydrogen (secondary N) is 1. The third-order valence-electron chi connectivity index (χ3n) is 9.58. The molecule has 1 aliphatic rings. The number of carboxylic acid groups (broad SMARTS) is 1. The molecule has 10 nitrogen and oxygen atoms in total. The van der Waals surface area contributed by atoms with Crippen molar-refractivity contribution in [1.29, 1.82) is 0 Å². The summed E-state index contributed by atoms with van der Waals surface area (Å²) in [5, 5.41) is 12.5. The lowest BCUT2D eigenvalue weighted by Gasteiger charge is -2.34. The molecule has 1 amide bonds. The number of aliphatic carboxylic acids is 1. The van der Waals surface area contributed by atoms with Crippen molar-refractivity contribution < 1.29 is 29.1 Å². The minimum atomic E-state index is -1.34. The number of benzene rings is 2. The van der Waals surface area contributed by atoms with Crippen LogP contribution in [0.1, 0.15) is 82.8 Å². The summed E-state index contributed by atoms with van der Waals surface area (Å²) in [5.41, 5.74) is 18.6. The molecule has 4 atom stereocenters. The Morgan fingerprint density at radius 1 is 0.854 bits per heavy atom. The van der Waals surface area contributed by atoms with Crippen LogP contribution >= 0.6 is 0 Å². The zero-order valence-corrected chi connectivity index (χ0v) is 28.4. The first-order valence-electron chi connectivity index (χ1n) is 17.3. The van der Waals surface area contributed by atoms with Crippen LogP contribution in [0, 0.1) is 23.7 Å². The van der Waals surface area contributed by atoms with Gasteiger partial charge in [-0.05, 0) is 81.4 Å². The molecule has 1 saturated carbocycles. The van der Waals surface area contributed by atoms with Crippen LogP contribution in [0.4, 0.5) is 0 Å². The standard InChI is InChI=1S/C38H54N4O6/c1-25(2)20-32(34(44)23-29(14-9-19-39)35(45)28-15-17-38(41,18-16-28)37(47)48)42-36(46)30(21-26-10-5-3-6-11-26)24-33(43)31(40)22-27-12-7-4-8-13-27/h3-8,10-13,25,28-32H,9,14-24,39-41H2,1-2H3,(H,42,46)(H,47,48)/t28?,29-,30-,31+,32+,38?/m0/s1. The zero-order chi connectivity index (χ0) is 35.3. The Morgan fingerprint density at radius 2 is 1.40 bits per heavy atom. The first-order valence-corrected chi connectivity index (χ1v) is 17.3. The van der Waals surface area contributed by atoms with E-state index < -0.39 is 41.3 Å². The normalized spacial score (nSPS) is 20.3. The van der Waals surface area contributed by atoms with Crippen LogP contribution in [0.5, 0.6) is 0 Å². The van der Waals surface area contributed by atoms with Gasteiger partial charge in [0.1, 0.15) is 11.3 Å². The van der Waals surface area contributed by atoms with Gasteiger partial charge in [-0.3, -0.25) is 24.0 Å². The van der Waals surface area contributed by atoms with E-state index in [9.17, 15) is 29.1 Å². The van der Waals surface area contributed by atoms with E-state index in [4.69, 9.17) is 17.2 Å². The number of nitrogens with two attached hydrogens (primary N) is 3. The van der Waals surface area contributed by atoms with E-state index in [2.05, 4.69) is 5.32 Å². The van der Waals surface area contributed by atoms with Crippen molar-refractivity contribution in [3.63, 3.8) is 0 Å². The van der Waals surface area contributed by atoms with Gasteiger partial charge in [-0.25, -0.2) is 0 Å². The Morgan fingerprint density at radius 3 is 1.92 bits per heavy atom. The van der Waals surface area contributed by atoms with Gasteiger partial charge in [0, 0.05) is 30.6 Å². The molecule has 8 N–H and O–H groups in total. The van der Waals surface area contributed by atoms with E-state index in [-0.39, 0.29) is 54.9 Å². The summed E-state index contributed by atoms with van der Waals surface area (Å²) in [6.45, 7) is 4.28. The summed E-state index contributed by atoms with van der Waals surface area (Å²) in [5.74, 6) is -3.66. The smallest absolute Gasteiger partial charge is 0.323 e. The number of Topliss-reactive ketones (excluding diaryl/α,β-unsaturated/α-hetero) is 3. The molecule has 0 spiro atoms. The third-order valence-corrected chi connectivity index (χ3v) is 9.58. The van der Waals surface area contributed by atoms with E-state index in [1.807, 2.05) is 74.5 Å². The Labute approximate surface area is 284 Å². The fourth-order valence-corrected chi connectivity index (χ4v) is 6.62. The van der Waals surface area contributed by atoms with Crippen LogP contribution in [-0.2, 0) is 36.8 Å². The average molecular weight is 663 g/mol.